The number of carboxylic acid groups (broad SMARTS) is 1. The van der Waals surface area contributed by atoms with Crippen molar-refractivity contribution in [1.82, 2.24) is 0 Å². The Morgan fingerprint density at radius 2 is 2.00 bits per heavy atom. The third-order valence-corrected chi connectivity index (χ3v) is 3.80. The molecule has 0 atom stereocenters. The Labute approximate surface area is 104 Å². The molecule has 1 heterocycles. The molecule has 3 rings (SSSR count). The van der Waals surface area contributed by atoms with Crippen LogP contribution in [-0.4, -0.2) is 22.5 Å². The summed E-state index contributed by atoms with van der Waals surface area (Å²) >= 11 is 0. The molecule has 1 aliphatic heterocycles. The van der Waals surface area contributed by atoms with Crippen LogP contribution in [-0.2, 0) is 4.79 Å². The molecule has 18 heavy (non-hydrogen) atoms. The first-order valence-corrected chi connectivity index (χ1v) is 6.08. The predicted molar refractivity (Wildman–Crippen MR) is 66.9 cm³/mol. The molecule has 5 heteroatoms. The number of aromatic carboxylic acids is 1. The van der Waals surface area contributed by atoms with Gasteiger partial charge in [0.2, 0.25) is 5.91 Å². The van der Waals surface area contributed by atoms with Gasteiger partial charge in [0.1, 0.15) is 5.54 Å². The number of fused-ring (bicyclic) bond motifs is 1. The lowest BCUT2D eigenvalue weighted by atomic mass is 9.92. The lowest BCUT2D eigenvalue weighted by molar-refractivity contribution is -0.120. The molecule has 1 aromatic carbocycles. The van der Waals surface area contributed by atoms with Gasteiger partial charge >= 0.3 is 5.97 Å². The summed E-state index contributed by atoms with van der Waals surface area (Å²) in [7, 11) is 0. The van der Waals surface area contributed by atoms with Crippen molar-refractivity contribution in [3.05, 3.63) is 23.8 Å². The summed E-state index contributed by atoms with van der Waals surface area (Å²) in [6.45, 7) is 0. The third kappa shape index (κ3) is 1.47. The molecular formula is C13H14N2O3. The van der Waals surface area contributed by atoms with Crippen LogP contribution in [0.5, 0.6) is 0 Å². The first kappa shape index (κ1) is 11.1. The summed E-state index contributed by atoms with van der Waals surface area (Å²) < 4.78 is 0. The monoisotopic (exact) mass is 246 g/mol. The van der Waals surface area contributed by atoms with E-state index in [0.717, 1.165) is 25.7 Å². The number of hydrogen-bond donors (Lipinski definition) is 3. The number of carbonyl (C=O) groups excluding carboxylic acids is 1. The minimum Gasteiger partial charge on any atom is -0.478 e. The van der Waals surface area contributed by atoms with E-state index in [0.29, 0.717) is 11.4 Å². The van der Waals surface area contributed by atoms with E-state index in [1.165, 1.54) is 6.07 Å². The first-order chi connectivity index (χ1) is 8.62. The Kier molecular flexibility index (Phi) is 2.29. The molecule has 94 valence electrons. The van der Waals surface area contributed by atoms with Crippen molar-refractivity contribution < 1.29 is 14.7 Å². The maximum Gasteiger partial charge on any atom is 0.337 e. The number of para-hydroxylation sites is 1. The van der Waals surface area contributed by atoms with E-state index >= 15 is 0 Å². The molecule has 1 aliphatic carbocycles. The van der Waals surface area contributed by atoms with Crippen LogP contribution in [0.15, 0.2) is 18.2 Å². The number of amides is 1. The van der Waals surface area contributed by atoms with Crippen LogP contribution in [0.3, 0.4) is 0 Å². The zero-order chi connectivity index (χ0) is 12.8. The number of benzene rings is 1. The van der Waals surface area contributed by atoms with Gasteiger partial charge in [0.05, 0.1) is 16.9 Å². The maximum atomic E-state index is 12.2. The number of carbonyl (C=O) groups is 2. The second-order valence-electron chi connectivity index (χ2n) is 4.90. The Balaban J connectivity index is 2.06. The Morgan fingerprint density at radius 1 is 1.28 bits per heavy atom. The van der Waals surface area contributed by atoms with Crippen molar-refractivity contribution in [3.8, 4) is 0 Å². The topological polar surface area (TPSA) is 78.4 Å². The molecule has 1 saturated carbocycles. The standard InChI is InChI=1S/C13H14N2O3/c16-11(17)8-4-3-5-9-10(8)14-12(18)13(15-9)6-1-2-7-13/h3-5,15H,1-2,6-7H2,(H,14,18)(H,16,17). The molecule has 0 bridgehead atoms. The van der Waals surface area contributed by atoms with Gasteiger partial charge in [0, 0.05) is 0 Å². The first-order valence-electron chi connectivity index (χ1n) is 6.08. The summed E-state index contributed by atoms with van der Waals surface area (Å²) in [6, 6.07) is 4.99. The van der Waals surface area contributed by atoms with Crippen LogP contribution in [0.4, 0.5) is 11.4 Å². The second kappa shape index (κ2) is 3.73. The van der Waals surface area contributed by atoms with E-state index in [1.54, 1.807) is 12.1 Å². The fourth-order valence-electron chi connectivity index (χ4n) is 2.85. The number of carboxylic acids is 1. The quantitative estimate of drug-likeness (QED) is 0.708. The van der Waals surface area contributed by atoms with Crippen molar-refractivity contribution in [2.24, 2.45) is 0 Å². The van der Waals surface area contributed by atoms with Crippen LogP contribution in [0.1, 0.15) is 36.0 Å². The van der Waals surface area contributed by atoms with Crippen molar-refractivity contribution in [2.75, 3.05) is 10.6 Å². The SMILES string of the molecule is O=C(O)c1cccc2c1NC(=O)C1(CCCC1)N2. The molecule has 0 saturated heterocycles. The van der Waals surface area contributed by atoms with Crippen LogP contribution in [0.2, 0.25) is 0 Å². The molecule has 2 aliphatic rings. The zero-order valence-electron chi connectivity index (χ0n) is 9.82. The van der Waals surface area contributed by atoms with Gasteiger partial charge in [-0.2, -0.15) is 0 Å². The largest absolute Gasteiger partial charge is 0.478 e. The van der Waals surface area contributed by atoms with Gasteiger partial charge in [0.25, 0.3) is 0 Å². The van der Waals surface area contributed by atoms with Gasteiger partial charge in [-0.05, 0) is 25.0 Å². The number of anilines is 2. The predicted octanol–water partition coefficient (Wildman–Crippen LogP) is 2.06. The summed E-state index contributed by atoms with van der Waals surface area (Å²) in [6.07, 6.45) is 3.65. The summed E-state index contributed by atoms with van der Waals surface area (Å²) in [4.78, 5) is 23.3. The van der Waals surface area contributed by atoms with Gasteiger partial charge in [-0.1, -0.05) is 18.9 Å². The molecule has 3 N–H and O–H groups in total. The molecule has 1 aromatic rings. The van der Waals surface area contributed by atoms with E-state index in [2.05, 4.69) is 10.6 Å². The van der Waals surface area contributed by atoms with E-state index in [1.807, 2.05) is 0 Å². The fourth-order valence-corrected chi connectivity index (χ4v) is 2.85. The van der Waals surface area contributed by atoms with Gasteiger partial charge < -0.3 is 15.7 Å². The summed E-state index contributed by atoms with van der Waals surface area (Å²) in [5.74, 6) is -1.14. The highest BCUT2D eigenvalue weighted by Crippen LogP contribution is 2.41. The lowest BCUT2D eigenvalue weighted by Gasteiger charge is -2.36. The van der Waals surface area contributed by atoms with Crippen LogP contribution >= 0.6 is 0 Å². The Morgan fingerprint density at radius 3 is 2.67 bits per heavy atom. The van der Waals surface area contributed by atoms with Gasteiger partial charge in [-0.15, -0.1) is 0 Å². The van der Waals surface area contributed by atoms with E-state index < -0.39 is 11.5 Å². The lowest BCUT2D eigenvalue weighted by Crippen LogP contribution is -2.50. The average molecular weight is 246 g/mol. The Hall–Kier alpha value is -2.04. The smallest absolute Gasteiger partial charge is 0.337 e. The number of nitrogens with one attached hydrogen (secondary N) is 2. The average Bonchev–Trinajstić information content (AvgIpc) is 2.79. The van der Waals surface area contributed by atoms with Crippen molar-refractivity contribution in [3.63, 3.8) is 0 Å². The van der Waals surface area contributed by atoms with Crippen LogP contribution < -0.4 is 10.6 Å². The van der Waals surface area contributed by atoms with E-state index in [4.69, 9.17) is 5.11 Å². The maximum absolute atomic E-state index is 12.2. The molecular weight excluding hydrogens is 232 g/mol. The molecule has 5 nitrogen and oxygen atoms in total. The normalized spacial score (nSPS) is 20.1. The zero-order valence-corrected chi connectivity index (χ0v) is 9.82. The van der Waals surface area contributed by atoms with Crippen LogP contribution in [0, 0.1) is 0 Å². The third-order valence-electron chi connectivity index (χ3n) is 3.80. The highest BCUT2D eigenvalue weighted by atomic mass is 16.4. The van der Waals surface area contributed by atoms with Gasteiger partial charge in [-0.25, -0.2) is 4.79 Å². The number of hydrogen-bond acceptors (Lipinski definition) is 3. The fraction of sp³-hybridized carbons (Fsp3) is 0.385. The van der Waals surface area contributed by atoms with Crippen LogP contribution in [0.25, 0.3) is 0 Å². The highest BCUT2D eigenvalue weighted by Gasteiger charge is 2.44. The van der Waals surface area contributed by atoms with Crippen molar-refractivity contribution in [2.45, 2.75) is 31.2 Å². The van der Waals surface area contributed by atoms with Crippen molar-refractivity contribution in [1.29, 1.82) is 0 Å². The van der Waals surface area contributed by atoms with Gasteiger partial charge in [-0.3, -0.25) is 4.79 Å². The molecule has 1 amide bonds. The minimum atomic E-state index is -1.03. The van der Waals surface area contributed by atoms with Gasteiger partial charge in [0.15, 0.2) is 0 Å². The highest BCUT2D eigenvalue weighted by molar-refractivity contribution is 6.11. The number of rotatable bonds is 1. The second-order valence-corrected chi connectivity index (χ2v) is 4.90. The van der Waals surface area contributed by atoms with Crippen molar-refractivity contribution >= 4 is 23.3 Å². The molecule has 1 spiro atoms. The molecule has 0 unspecified atom stereocenters. The van der Waals surface area contributed by atoms with E-state index in [9.17, 15) is 9.59 Å². The molecule has 0 radical (unpaired) electrons. The molecule has 0 aromatic heterocycles. The summed E-state index contributed by atoms with van der Waals surface area (Å²) in [5, 5.41) is 15.1. The summed E-state index contributed by atoms with van der Waals surface area (Å²) in [5.41, 5.74) is 0.676. The Bertz CT molecular complexity index is 533. The van der Waals surface area contributed by atoms with E-state index in [-0.39, 0.29) is 11.5 Å². The minimum absolute atomic E-state index is 0.110. The molecule has 1 fully saturated rings.